The molecule has 23 heavy (non-hydrogen) atoms. The van der Waals surface area contributed by atoms with Crippen LogP contribution in [-0.4, -0.2) is 24.8 Å². The maximum absolute atomic E-state index is 12.9. The average Bonchev–Trinajstić information content (AvgIpc) is 2.59. The summed E-state index contributed by atoms with van der Waals surface area (Å²) >= 11 is 0. The zero-order chi connectivity index (χ0) is 16.7. The molecular weight excluding hydrogens is 293 g/mol. The number of aliphatic hydroxyl groups is 1. The second-order valence-electron chi connectivity index (χ2n) is 5.76. The third-order valence-corrected chi connectivity index (χ3v) is 3.94. The van der Waals surface area contributed by atoms with Crippen LogP contribution in [0.25, 0.3) is 0 Å². The van der Waals surface area contributed by atoms with Gasteiger partial charge in [0.15, 0.2) is 0 Å². The molecule has 0 saturated heterocycles. The Balaban J connectivity index is 1.73. The second-order valence-corrected chi connectivity index (χ2v) is 5.76. The summed E-state index contributed by atoms with van der Waals surface area (Å²) in [5.74, 6) is 0.573. The van der Waals surface area contributed by atoms with Crippen LogP contribution < -0.4 is 10.1 Å². The number of ether oxygens (including phenoxy) is 1. The van der Waals surface area contributed by atoms with Crippen LogP contribution in [0.3, 0.4) is 0 Å². The van der Waals surface area contributed by atoms with Gasteiger partial charge < -0.3 is 15.2 Å². The van der Waals surface area contributed by atoms with E-state index in [1.165, 1.54) is 17.7 Å². The lowest BCUT2D eigenvalue weighted by Crippen LogP contribution is -2.30. The lowest BCUT2D eigenvalue weighted by molar-refractivity contribution is 0.170. The molecule has 0 radical (unpaired) electrons. The highest BCUT2D eigenvalue weighted by atomic mass is 19.1. The predicted molar refractivity (Wildman–Crippen MR) is 90.1 cm³/mol. The molecule has 0 aromatic heterocycles. The first kappa shape index (κ1) is 17.4. The Labute approximate surface area is 137 Å². The van der Waals surface area contributed by atoms with Crippen LogP contribution >= 0.6 is 0 Å². The Bertz CT molecular complexity index is 583. The first-order valence-corrected chi connectivity index (χ1v) is 7.88. The van der Waals surface area contributed by atoms with Crippen molar-refractivity contribution in [1.29, 1.82) is 0 Å². The summed E-state index contributed by atoms with van der Waals surface area (Å²) < 4.78 is 18.0. The van der Waals surface area contributed by atoms with Gasteiger partial charge in [0.2, 0.25) is 0 Å². The monoisotopic (exact) mass is 317 g/mol. The Morgan fingerprint density at radius 3 is 2.35 bits per heavy atom. The van der Waals surface area contributed by atoms with Crippen LogP contribution in [0, 0.1) is 5.82 Å². The molecule has 0 spiro atoms. The van der Waals surface area contributed by atoms with Crippen LogP contribution in [0.1, 0.15) is 30.6 Å². The van der Waals surface area contributed by atoms with Crippen LogP contribution in [0.15, 0.2) is 48.5 Å². The number of halogens is 1. The van der Waals surface area contributed by atoms with E-state index in [1.54, 1.807) is 19.2 Å². The van der Waals surface area contributed by atoms with Gasteiger partial charge in [-0.3, -0.25) is 0 Å². The maximum Gasteiger partial charge on any atom is 0.123 e. The normalized spacial score (nSPS) is 13.6. The molecule has 2 aromatic rings. The topological polar surface area (TPSA) is 41.5 Å². The van der Waals surface area contributed by atoms with Crippen molar-refractivity contribution in [2.45, 2.75) is 31.9 Å². The van der Waals surface area contributed by atoms with Gasteiger partial charge in [-0.1, -0.05) is 24.3 Å². The molecule has 0 amide bonds. The molecule has 2 unspecified atom stereocenters. The highest BCUT2D eigenvalue weighted by molar-refractivity contribution is 5.27. The molecule has 2 aromatic carbocycles. The average molecular weight is 317 g/mol. The van der Waals surface area contributed by atoms with Crippen molar-refractivity contribution in [1.82, 2.24) is 5.32 Å². The fourth-order valence-corrected chi connectivity index (χ4v) is 2.39. The van der Waals surface area contributed by atoms with Crippen molar-refractivity contribution >= 4 is 0 Å². The van der Waals surface area contributed by atoms with Crippen molar-refractivity contribution in [2.75, 3.05) is 13.7 Å². The third-order valence-electron chi connectivity index (χ3n) is 3.94. The minimum atomic E-state index is -0.626. The van der Waals surface area contributed by atoms with Gasteiger partial charge in [-0.25, -0.2) is 4.39 Å². The number of nitrogens with one attached hydrogen (secondary N) is 1. The zero-order valence-corrected chi connectivity index (χ0v) is 13.6. The number of aryl methyl sites for hydroxylation is 1. The van der Waals surface area contributed by atoms with Crippen LogP contribution in [0.4, 0.5) is 4.39 Å². The van der Waals surface area contributed by atoms with E-state index in [1.807, 2.05) is 12.1 Å². The summed E-state index contributed by atoms with van der Waals surface area (Å²) in [5, 5.41) is 13.4. The minimum absolute atomic E-state index is 0.284. The van der Waals surface area contributed by atoms with E-state index in [2.05, 4.69) is 24.4 Å². The Morgan fingerprint density at radius 2 is 1.74 bits per heavy atom. The fourth-order valence-electron chi connectivity index (χ4n) is 2.39. The number of methoxy groups -OCH3 is 1. The fraction of sp³-hybridized carbons (Fsp3) is 0.368. The molecule has 0 aliphatic carbocycles. The van der Waals surface area contributed by atoms with Gasteiger partial charge in [0.05, 0.1) is 13.2 Å². The van der Waals surface area contributed by atoms with Gasteiger partial charge in [0.1, 0.15) is 11.6 Å². The summed E-state index contributed by atoms with van der Waals surface area (Å²) in [6.07, 6.45) is 1.31. The predicted octanol–water partition coefficient (Wildman–Crippen LogP) is 3.48. The van der Waals surface area contributed by atoms with Crippen LogP contribution in [0.5, 0.6) is 5.75 Å². The second kappa shape index (κ2) is 8.65. The number of benzene rings is 2. The van der Waals surface area contributed by atoms with Gasteiger partial charge >= 0.3 is 0 Å². The molecule has 0 fully saturated rings. The van der Waals surface area contributed by atoms with Gasteiger partial charge in [-0.05, 0) is 55.2 Å². The minimum Gasteiger partial charge on any atom is -0.497 e. The molecular formula is C19H24FNO2. The summed E-state index contributed by atoms with van der Waals surface area (Å²) in [6, 6.07) is 14.3. The molecule has 2 rings (SSSR count). The summed E-state index contributed by atoms with van der Waals surface area (Å²) in [7, 11) is 1.66. The quantitative estimate of drug-likeness (QED) is 0.783. The lowest BCUT2D eigenvalue weighted by atomic mass is 10.1. The highest BCUT2D eigenvalue weighted by Crippen LogP contribution is 2.15. The van der Waals surface area contributed by atoms with Crippen molar-refractivity contribution in [3.05, 3.63) is 65.5 Å². The van der Waals surface area contributed by atoms with Crippen molar-refractivity contribution in [3.8, 4) is 5.75 Å². The maximum atomic E-state index is 12.9. The molecule has 0 saturated carbocycles. The highest BCUT2D eigenvalue weighted by Gasteiger charge is 2.09. The molecule has 0 aliphatic heterocycles. The molecule has 2 atom stereocenters. The van der Waals surface area contributed by atoms with Crippen molar-refractivity contribution in [2.24, 2.45) is 0 Å². The molecule has 2 N–H and O–H groups in total. The van der Waals surface area contributed by atoms with E-state index in [4.69, 9.17) is 4.74 Å². The van der Waals surface area contributed by atoms with Gasteiger partial charge in [0.25, 0.3) is 0 Å². The van der Waals surface area contributed by atoms with E-state index in [9.17, 15) is 9.50 Å². The molecule has 3 nitrogen and oxygen atoms in total. The van der Waals surface area contributed by atoms with Crippen LogP contribution in [-0.2, 0) is 6.42 Å². The first-order chi connectivity index (χ1) is 11.1. The number of hydrogen-bond donors (Lipinski definition) is 2. The van der Waals surface area contributed by atoms with Gasteiger partial charge in [0, 0.05) is 12.6 Å². The summed E-state index contributed by atoms with van der Waals surface area (Å²) in [5.41, 5.74) is 1.99. The SMILES string of the molecule is COc1ccc(CCC(C)NCC(O)c2ccc(F)cc2)cc1. The van der Waals surface area contributed by atoms with E-state index < -0.39 is 6.10 Å². The third kappa shape index (κ3) is 5.66. The van der Waals surface area contributed by atoms with Crippen molar-refractivity contribution < 1.29 is 14.2 Å². The van der Waals surface area contributed by atoms with Crippen molar-refractivity contribution in [3.63, 3.8) is 0 Å². The molecule has 0 aliphatic rings. The van der Waals surface area contributed by atoms with E-state index >= 15 is 0 Å². The van der Waals surface area contributed by atoms with Gasteiger partial charge in [-0.2, -0.15) is 0 Å². The lowest BCUT2D eigenvalue weighted by Gasteiger charge is -2.17. The first-order valence-electron chi connectivity index (χ1n) is 7.88. The summed E-state index contributed by atoms with van der Waals surface area (Å²) in [6.45, 7) is 2.55. The standard InChI is InChI=1S/C19H24FNO2/c1-14(3-4-15-5-11-18(23-2)12-6-15)21-13-19(22)16-7-9-17(20)10-8-16/h5-12,14,19,21-22H,3-4,13H2,1-2H3. The number of aliphatic hydroxyl groups excluding tert-OH is 1. The van der Waals surface area contributed by atoms with Gasteiger partial charge in [-0.15, -0.1) is 0 Å². The Hall–Kier alpha value is -1.91. The molecule has 4 heteroatoms. The van der Waals surface area contributed by atoms with E-state index in [0.717, 1.165) is 24.2 Å². The smallest absolute Gasteiger partial charge is 0.123 e. The van der Waals surface area contributed by atoms with E-state index in [0.29, 0.717) is 6.54 Å². The zero-order valence-electron chi connectivity index (χ0n) is 13.6. The molecule has 0 bridgehead atoms. The number of hydrogen-bond acceptors (Lipinski definition) is 3. The Kier molecular flexibility index (Phi) is 6.56. The Morgan fingerprint density at radius 1 is 1.09 bits per heavy atom. The number of rotatable bonds is 8. The summed E-state index contributed by atoms with van der Waals surface area (Å²) in [4.78, 5) is 0. The van der Waals surface area contributed by atoms with E-state index in [-0.39, 0.29) is 11.9 Å². The van der Waals surface area contributed by atoms with Crippen LogP contribution in [0.2, 0.25) is 0 Å². The molecule has 0 heterocycles. The largest absolute Gasteiger partial charge is 0.497 e. The molecule has 124 valence electrons.